The number of amides is 2. The number of urea groups is 1. The largest absolute Gasteiger partial charge is 0.480 e. The minimum Gasteiger partial charge on any atom is -0.480 e. The lowest BCUT2D eigenvalue weighted by Gasteiger charge is -2.20. The highest BCUT2D eigenvalue weighted by atomic mass is 32.1. The molecular weight excluding hydrogens is 266 g/mol. The zero-order valence-electron chi connectivity index (χ0n) is 10.4. The maximum Gasteiger partial charge on any atom is 0.326 e. The van der Waals surface area contributed by atoms with Gasteiger partial charge in [-0.3, -0.25) is 5.32 Å². The normalized spacial score (nSPS) is 21.5. The number of carbonyl (C=O) groups is 2. The van der Waals surface area contributed by atoms with Crippen LogP contribution < -0.4 is 5.32 Å². The number of anilines is 1. The highest BCUT2D eigenvalue weighted by Gasteiger charge is 2.34. The van der Waals surface area contributed by atoms with Crippen LogP contribution in [0.25, 0.3) is 0 Å². The second kappa shape index (κ2) is 4.80. The van der Waals surface area contributed by atoms with Crippen molar-refractivity contribution in [1.82, 2.24) is 9.88 Å². The number of aliphatic carboxylic acids is 1. The number of aryl methyl sites for hydroxylation is 2. The van der Waals surface area contributed by atoms with Crippen LogP contribution in [0.4, 0.5) is 9.93 Å². The second-order valence-corrected chi connectivity index (χ2v) is 5.95. The van der Waals surface area contributed by atoms with Crippen LogP contribution in [-0.4, -0.2) is 39.6 Å². The first-order valence-corrected chi connectivity index (χ1v) is 7.26. The molecule has 1 aliphatic carbocycles. The second-order valence-electron chi connectivity index (χ2n) is 4.86. The summed E-state index contributed by atoms with van der Waals surface area (Å²) in [6.07, 6.45) is 4.40. The fourth-order valence-corrected chi connectivity index (χ4v) is 3.71. The first kappa shape index (κ1) is 12.4. The smallest absolute Gasteiger partial charge is 0.326 e. The standard InChI is InChI=1S/C12H15N3O3S/c16-10(17)8-4-2-6-15(8)12(18)14-11-13-7-3-1-5-9(7)19-11/h8H,1-6H2,(H,16,17)(H,13,14,18)/t8-/m1/s1. The Morgan fingerprint density at radius 1 is 1.37 bits per heavy atom. The molecule has 3 rings (SSSR count). The molecule has 2 N–H and O–H groups in total. The molecule has 6 nitrogen and oxygen atoms in total. The molecule has 1 aromatic heterocycles. The van der Waals surface area contributed by atoms with E-state index in [4.69, 9.17) is 5.11 Å². The predicted molar refractivity (Wildman–Crippen MR) is 70.5 cm³/mol. The molecule has 1 fully saturated rings. The van der Waals surface area contributed by atoms with E-state index < -0.39 is 12.0 Å². The summed E-state index contributed by atoms with van der Waals surface area (Å²) in [5.74, 6) is -0.936. The molecule has 2 amide bonds. The van der Waals surface area contributed by atoms with Crippen LogP contribution >= 0.6 is 11.3 Å². The summed E-state index contributed by atoms with van der Waals surface area (Å²) in [4.78, 5) is 30.1. The summed E-state index contributed by atoms with van der Waals surface area (Å²) in [6, 6.07) is -1.05. The summed E-state index contributed by atoms with van der Waals surface area (Å²) in [7, 11) is 0. The van der Waals surface area contributed by atoms with Crippen molar-refractivity contribution in [3.8, 4) is 0 Å². The van der Waals surface area contributed by atoms with Crippen molar-refractivity contribution in [3.63, 3.8) is 0 Å². The number of carboxylic acid groups (broad SMARTS) is 1. The van der Waals surface area contributed by atoms with Crippen LogP contribution in [0.1, 0.15) is 29.8 Å². The van der Waals surface area contributed by atoms with Crippen LogP contribution in [0, 0.1) is 0 Å². The van der Waals surface area contributed by atoms with E-state index in [1.54, 1.807) is 0 Å². The average Bonchev–Trinajstić information content (AvgIpc) is 3.01. The van der Waals surface area contributed by atoms with Crippen LogP contribution in [0.5, 0.6) is 0 Å². The summed E-state index contributed by atoms with van der Waals surface area (Å²) in [5, 5.41) is 12.4. The fraction of sp³-hybridized carbons (Fsp3) is 0.583. The van der Waals surface area contributed by atoms with Gasteiger partial charge in [-0.05, 0) is 32.1 Å². The van der Waals surface area contributed by atoms with Crippen LogP contribution in [0.3, 0.4) is 0 Å². The fourth-order valence-electron chi connectivity index (χ4n) is 2.67. The third kappa shape index (κ3) is 2.30. The van der Waals surface area contributed by atoms with Gasteiger partial charge in [0.2, 0.25) is 0 Å². The number of aromatic nitrogens is 1. The molecular formula is C12H15N3O3S. The third-order valence-electron chi connectivity index (χ3n) is 3.61. The predicted octanol–water partition coefficient (Wildman–Crippen LogP) is 1.71. The van der Waals surface area contributed by atoms with E-state index in [-0.39, 0.29) is 6.03 Å². The lowest BCUT2D eigenvalue weighted by molar-refractivity contribution is -0.141. The monoisotopic (exact) mass is 281 g/mol. The van der Waals surface area contributed by atoms with Gasteiger partial charge in [0, 0.05) is 11.4 Å². The van der Waals surface area contributed by atoms with E-state index in [1.165, 1.54) is 21.1 Å². The van der Waals surface area contributed by atoms with Gasteiger partial charge in [-0.2, -0.15) is 0 Å². The van der Waals surface area contributed by atoms with Crippen LogP contribution in [0.15, 0.2) is 0 Å². The maximum absolute atomic E-state index is 12.1. The maximum atomic E-state index is 12.1. The van der Waals surface area contributed by atoms with Gasteiger partial charge in [-0.1, -0.05) is 0 Å². The van der Waals surface area contributed by atoms with Gasteiger partial charge >= 0.3 is 12.0 Å². The molecule has 102 valence electrons. The van der Waals surface area contributed by atoms with Gasteiger partial charge in [0.25, 0.3) is 0 Å². The molecule has 1 saturated heterocycles. The van der Waals surface area contributed by atoms with Gasteiger partial charge in [-0.15, -0.1) is 11.3 Å². The van der Waals surface area contributed by atoms with E-state index in [0.717, 1.165) is 31.4 Å². The lowest BCUT2D eigenvalue weighted by atomic mass is 10.2. The Morgan fingerprint density at radius 2 is 2.21 bits per heavy atom. The number of hydrogen-bond donors (Lipinski definition) is 2. The minimum absolute atomic E-state index is 0.350. The van der Waals surface area contributed by atoms with E-state index in [9.17, 15) is 9.59 Å². The zero-order chi connectivity index (χ0) is 13.4. The number of likely N-dealkylation sites (tertiary alicyclic amines) is 1. The molecule has 2 aliphatic rings. The number of carbonyl (C=O) groups excluding carboxylic acids is 1. The van der Waals surface area contributed by atoms with E-state index >= 15 is 0 Å². The average molecular weight is 281 g/mol. The molecule has 0 aromatic carbocycles. The quantitative estimate of drug-likeness (QED) is 0.864. The molecule has 0 unspecified atom stereocenters. The van der Waals surface area contributed by atoms with Crippen molar-refractivity contribution < 1.29 is 14.7 Å². The van der Waals surface area contributed by atoms with Gasteiger partial charge in [0.15, 0.2) is 5.13 Å². The van der Waals surface area contributed by atoms with E-state index in [2.05, 4.69) is 10.3 Å². The summed E-state index contributed by atoms with van der Waals surface area (Å²) < 4.78 is 0. The Bertz CT molecular complexity index is 507. The Hall–Kier alpha value is -1.63. The van der Waals surface area contributed by atoms with Crippen molar-refractivity contribution in [3.05, 3.63) is 10.6 Å². The minimum atomic E-state index is -0.936. The van der Waals surface area contributed by atoms with Gasteiger partial charge < -0.3 is 10.0 Å². The molecule has 0 saturated carbocycles. The Balaban J connectivity index is 1.68. The molecule has 2 heterocycles. The number of rotatable bonds is 2. The van der Waals surface area contributed by atoms with Crippen LogP contribution in [-0.2, 0) is 17.6 Å². The Morgan fingerprint density at radius 3 is 2.95 bits per heavy atom. The molecule has 0 radical (unpaired) electrons. The number of fused-ring (bicyclic) bond motifs is 1. The molecule has 1 atom stereocenters. The van der Waals surface area contributed by atoms with Crippen molar-refractivity contribution in [2.24, 2.45) is 0 Å². The highest BCUT2D eigenvalue weighted by molar-refractivity contribution is 7.15. The highest BCUT2D eigenvalue weighted by Crippen LogP contribution is 2.30. The topological polar surface area (TPSA) is 82.5 Å². The van der Waals surface area contributed by atoms with Crippen molar-refractivity contribution in [2.45, 2.75) is 38.1 Å². The number of thiazole rings is 1. The number of hydrogen-bond acceptors (Lipinski definition) is 4. The Labute approximate surface area is 114 Å². The lowest BCUT2D eigenvalue weighted by Crippen LogP contribution is -2.42. The summed E-state index contributed by atoms with van der Waals surface area (Å²) in [5.41, 5.74) is 1.08. The zero-order valence-corrected chi connectivity index (χ0v) is 11.2. The molecule has 19 heavy (non-hydrogen) atoms. The molecule has 7 heteroatoms. The molecule has 1 aliphatic heterocycles. The van der Waals surface area contributed by atoms with Crippen molar-refractivity contribution >= 4 is 28.5 Å². The van der Waals surface area contributed by atoms with Crippen LogP contribution in [0.2, 0.25) is 0 Å². The number of carboxylic acids is 1. The Kier molecular flexibility index (Phi) is 3.14. The number of nitrogens with one attached hydrogen (secondary N) is 1. The third-order valence-corrected chi connectivity index (χ3v) is 4.68. The van der Waals surface area contributed by atoms with Crippen molar-refractivity contribution in [1.29, 1.82) is 0 Å². The van der Waals surface area contributed by atoms with Crippen molar-refractivity contribution in [2.75, 3.05) is 11.9 Å². The van der Waals surface area contributed by atoms with Gasteiger partial charge in [0.1, 0.15) is 6.04 Å². The summed E-state index contributed by atoms with van der Waals surface area (Å²) in [6.45, 7) is 0.494. The first-order valence-electron chi connectivity index (χ1n) is 6.44. The van der Waals surface area contributed by atoms with E-state index in [0.29, 0.717) is 18.1 Å². The number of nitrogens with zero attached hydrogens (tertiary/aromatic N) is 2. The van der Waals surface area contributed by atoms with Gasteiger partial charge in [-0.25, -0.2) is 14.6 Å². The molecule has 0 bridgehead atoms. The summed E-state index contributed by atoms with van der Waals surface area (Å²) >= 11 is 1.50. The SMILES string of the molecule is O=C(O)[C@H]1CCCN1C(=O)Nc1nc2c(s1)CCC2. The first-order chi connectivity index (χ1) is 9.15. The van der Waals surface area contributed by atoms with E-state index in [1.807, 2.05) is 0 Å². The van der Waals surface area contributed by atoms with Gasteiger partial charge in [0.05, 0.1) is 5.69 Å². The molecule has 1 aromatic rings. The molecule has 0 spiro atoms.